The molecule has 0 radical (unpaired) electrons. The van der Waals surface area contributed by atoms with Crippen LogP contribution in [-0.2, 0) is 0 Å². The summed E-state index contributed by atoms with van der Waals surface area (Å²) in [6.07, 6.45) is -0.436. The predicted octanol–water partition coefficient (Wildman–Crippen LogP) is 2.70. The fourth-order valence-corrected chi connectivity index (χ4v) is 1.26. The van der Waals surface area contributed by atoms with Crippen LogP contribution in [0.4, 0.5) is 0 Å². The van der Waals surface area contributed by atoms with Gasteiger partial charge in [0.15, 0.2) is 0 Å². The molecule has 1 nitrogen and oxygen atoms in total. The molecule has 1 atom stereocenters. The lowest BCUT2D eigenvalue weighted by molar-refractivity contribution is 0.198. The Hall–Kier alpha value is -0.530. The van der Waals surface area contributed by atoms with Gasteiger partial charge in [0.1, 0.15) is 0 Å². The Morgan fingerprint density at radius 3 is 2.55 bits per heavy atom. The first-order chi connectivity index (χ1) is 5.13. The third-order valence-corrected chi connectivity index (χ3v) is 2.17. The van der Waals surface area contributed by atoms with Crippen LogP contribution in [0.5, 0.6) is 0 Å². The lowest BCUT2D eigenvalue weighted by Gasteiger charge is -2.08. The minimum atomic E-state index is -0.436. The van der Waals surface area contributed by atoms with Crippen LogP contribution in [0.15, 0.2) is 18.2 Å². The van der Waals surface area contributed by atoms with Gasteiger partial charge in [-0.25, -0.2) is 0 Å². The van der Waals surface area contributed by atoms with Crippen molar-refractivity contribution in [2.24, 2.45) is 0 Å². The number of aliphatic hydroxyl groups excluding tert-OH is 1. The molecule has 0 heterocycles. The monoisotopic (exact) mass is 170 g/mol. The van der Waals surface area contributed by atoms with Gasteiger partial charge in [0.25, 0.3) is 0 Å². The molecule has 0 bridgehead atoms. The highest BCUT2D eigenvalue weighted by Crippen LogP contribution is 2.23. The Balaban J connectivity index is 3.17. The Bertz CT molecular complexity index is 256. The normalized spacial score (nSPS) is 13.1. The number of benzene rings is 1. The maximum atomic E-state index is 9.27. The summed E-state index contributed by atoms with van der Waals surface area (Å²) in [6, 6.07) is 5.55. The quantitative estimate of drug-likeness (QED) is 0.687. The van der Waals surface area contributed by atoms with E-state index in [-0.39, 0.29) is 0 Å². The van der Waals surface area contributed by atoms with Crippen molar-refractivity contribution in [1.82, 2.24) is 0 Å². The van der Waals surface area contributed by atoms with Crippen LogP contribution in [0, 0.1) is 6.92 Å². The molecule has 0 amide bonds. The maximum absolute atomic E-state index is 9.27. The summed E-state index contributed by atoms with van der Waals surface area (Å²) in [4.78, 5) is 0. The van der Waals surface area contributed by atoms with Crippen molar-refractivity contribution in [3.63, 3.8) is 0 Å². The zero-order valence-corrected chi connectivity index (χ0v) is 7.39. The molecule has 0 saturated carbocycles. The smallest absolute Gasteiger partial charge is 0.0765 e. The van der Waals surface area contributed by atoms with Gasteiger partial charge in [-0.2, -0.15) is 0 Å². The van der Waals surface area contributed by atoms with Crippen LogP contribution in [0.2, 0.25) is 5.02 Å². The van der Waals surface area contributed by atoms with Gasteiger partial charge in [0.05, 0.1) is 6.10 Å². The second kappa shape index (κ2) is 3.24. The van der Waals surface area contributed by atoms with Crippen LogP contribution in [0.3, 0.4) is 0 Å². The Kier molecular flexibility index (Phi) is 2.53. The van der Waals surface area contributed by atoms with Crippen molar-refractivity contribution >= 4 is 11.6 Å². The minimum Gasteiger partial charge on any atom is -0.389 e. The predicted molar refractivity (Wildman–Crippen MR) is 46.8 cm³/mol. The lowest BCUT2D eigenvalue weighted by atomic mass is 10.1. The first kappa shape index (κ1) is 8.57. The average Bonchev–Trinajstić information content (AvgIpc) is 1.94. The molecule has 1 aromatic carbocycles. The highest BCUT2D eigenvalue weighted by atomic mass is 35.5. The summed E-state index contributed by atoms with van der Waals surface area (Å²) in [5.41, 5.74) is 1.86. The zero-order chi connectivity index (χ0) is 8.43. The first-order valence-corrected chi connectivity index (χ1v) is 3.94. The van der Waals surface area contributed by atoms with Crippen LogP contribution < -0.4 is 0 Å². The molecule has 1 rings (SSSR count). The molecule has 0 aromatic heterocycles. The average molecular weight is 171 g/mol. The van der Waals surface area contributed by atoms with Crippen molar-refractivity contribution in [1.29, 1.82) is 0 Å². The van der Waals surface area contributed by atoms with Crippen molar-refractivity contribution in [3.05, 3.63) is 34.3 Å². The van der Waals surface area contributed by atoms with Crippen LogP contribution in [0.25, 0.3) is 0 Å². The van der Waals surface area contributed by atoms with Gasteiger partial charge in [-0.15, -0.1) is 0 Å². The third kappa shape index (κ3) is 1.73. The van der Waals surface area contributed by atoms with Crippen LogP contribution in [-0.4, -0.2) is 5.11 Å². The van der Waals surface area contributed by atoms with Gasteiger partial charge in [-0.1, -0.05) is 23.7 Å². The molecule has 0 spiro atoms. The standard InChI is InChI=1S/C9H11ClO/c1-6-8(7(2)11)4-3-5-9(6)10/h3-5,7,11H,1-2H3/t7-/m1/s1. The van der Waals surface area contributed by atoms with Gasteiger partial charge in [0, 0.05) is 5.02 Å². The van der Waals surface area contributed by atoms with E-state index in [9.17, 15) is 5.11 Å². The first-order valence-electron chi connectivity index (χ1n) is 3.56. The van der Waals surface area contributed by atoms with Gasteiger partial charge >= 0.3 is 0 Å². The Morgan fingerprint density at radius 1 is 1.45 bits per heavy atom. The molecule has 1 N–H and O–H groups in total. The minimum absolute atomic E-state index is 0.436. The maximum Gasteiger partial charge on any atom is 0.0765 e. The summed E-state index contributed by atoms with van der Waals surface area (Å²) in [7, 11) is 0. The number of rotatable bonds is 1. The zero-order valence-electron chi connectivity index (χ0n) is 6.63. The SMILES string of the molecule is Cc1c(Cl)cccc1[C@@H](C)O. The van der Waals surface area contributed by atoms with Gasteiger partial charge in [0.2, 0.25) is 0 Å². The molecule has 11 heavy (non-hydrogen) atoms. The largest absolute Gasteiger partial charge is 0.389 e. The highest BCUT2D eigenvalue weighted by molar-refractivity contribution is 6.31. The molecule has 0 fully saturated rings. The highest BCUT2D eigenvalue weighted by Gasteiger charge is 2.05. The van der Waals surface area contributed by atoms with Gasteiger partial charge < -0.3 is 5.11 Å². The second-order valence-corrected chi connectivity index (χ2v) is 3.04. The summed E-state index contributed by atoms with van der Waals surface area (Å²) < 4.78 is 0. The van der Waals surface area contributed by atoms with E-state index >= 15 is 0 Å². The van der Waals surface area contributed by atoms with Crippen LogP contribution >= 0.6 is 11.6 Å². The van der Waals surface area contributed by atoms with E-state index in [2.05, 4.69) is 0 Å². The molecule has 0 aliphatic rings. The number of aliphatic hydroxyl groups is 1. The molecular weight excluding hydrogens is 160 g/mol. The topological polar surface area (TPSA) is 20.2 Å². The van der Waals surface area contributed by atoms with E-state index in [1.807, 2.05) is 25.1 Å². The summed E-state index contributed by atoms with van der Waals surface area (Å²) >= 11 is 5.85. The molecule has 0 aliphatic carbocycles. The molecule has 0 saturated heterocycles. The van der Waals surface area contributed by atoms with E-state index in [4.69, 9.17) is 11.6 Å². The van der Waals surface area contributed by atoms with E-state index < -0.39 is 6.10 Å². The van der Waals surface area contributed by atoms with Crippen molar-refractivity contribution in [3.8, 4) is 0 Å². The summed E-state index contributed by atoms with van der Waals surface area (Å²) in [5, 5.41) is 9.98. The van der Waals surface area contributed by atoms with E-state index in [0.717, 1.165) is 11.1 Å². The number of hydrogen-bond acceptors (Lipinski definition) is 1. The molecular formula is C9H11ClO. The fraction of sp³-hybridized carbons (Fsp3) is 0.333. The molecule has 60 valence electrons. The van der Waals surface area contributed by atoms with Gasteiger partial charge in [-0.05, 0) is 31.0 Å². The Morgan fingerprint density at radius 2 is 2.09 bits per heavy atom. The van der Waals surface area contributed by atoms with Crippen molar-refractivity contribution < 1.29 is 5.11 Å². The van der Waals surface area contributed by atoms with Crippen LogP contribution in [0.1, 0.15) is 24.2 Å². The third-order valence-electron chi connectivity index (χ3n) is 1.76. The van der Waals surface area contributed by atoms with Crippen molar-refractivity contribution in [2.75, 3.05) is 0 Å². The number of hydrogen-bond donors (Lipinski definition) is 1. The summed E-state index contributed by atoms with van der Waals surface area (Å²) in [6.45, 7) is 3.64. The number of halogens is 1. The molecule has 2 heteroatoms. The van der Waals surface area contributed by atoms with E-state index in [0.29, 0.717) is 5.02 Å². The second-order valence-electron chi connectivity index (χ2n) is 2.63. The molecule has 1 aromatic rings. The Labute approximate surface area is 71.6 Å². The fourth-order valence-electron chi connectivity index (χ4n) is 1.08. The summed E-state index contributed by atoms with van der Waals surface area (Å²) in [5.74, 6) is 0. The molecule has 0 unspecified atom stereocenters. The van der Waals surface area contributed by atoms with E-state index in [1.165, 1.54) is 0 Å². The van der Waals surface area contributed by atoms with Crippen molar-refractivity contribution in [2.45, 2.75) is 20.0 Å². The molecule has 0 aliphatic heterocycles. The lowest BCUT2D eigenvalue weighted by Crippen LogP contribution is -1.94. The van der Waals surface area contributed by atoms with Gasteiger partial charge in [-0.3, -0.25) is 0 Å². The van der Waals surface area contributed by atoms with E-state index in [1.54, 1.807) is 6.92 Å².